The molecule has 1 aromatic rings. The van der Waals surface area contributed by atoms with Crippen molar-refractivity contribution < 1.29 is 9.90 Å². The Morgan fingerprint density at radius 1 is 1.38 bits per heavy atom. The first-order valence-corrected chi connectivity index (χ1v) is 4.91. The number of carbonyl (C=O) groups is 1. The molecule has 1 aromatic carbocycles. The minimum absolute atomic E-state index is 0.103. The van der Waals surface area contributed by atoms with Crippen LogP contribution in [0.1, 0.15) is 5.56 Å². The molecule has 0 unspecified atom stereocenters. The molecule has 0 aliphatic rings. The van der Waals surface area contributed by atoms with Crippen molar-refractivity contribution in [2.75, 3.05) is 0 Å². The quantitative estimate of drug-likeness (QED) is 0.845. The van der Waals surface area contributed by atoms with E-state index in [2.05, 4.69) is 15.9 Å². The highest BCUT2D eigenvalue weighted by Crippen LogP contribution is 2.29. The number of aliphatic carboxylic acids is 1. The smallest absolute Gasteiger partial charge is 0.307 e. The molecule has 0 fully saturated rings. The summed E-state index contributed by atoms with van der Waals surface area (Å²) in [6.07, 6.45) is -0.103. The van der Waals surface area contributed by atoms with Crippen LogP contribution in [-0.2, 0) is 11.2 Å². The van der Waals surface area contributed by atoms with E-state index in [4.69, 9.17) is 28.3 Å². The molecule has 0 aliphatic heterocycles. The fourth-order valence-corrected chi connectivity index (χ4v) is 1.70. The highest BCUT2D eigenvalue weighted by atomic mass is 79.9. The number of carboxylic acid groups (broad SMARTS) is 1. The molecule has 0 heterocycles. The molecule has 0 atom stereocenters. The zero-order chi connectivity index (χ0) is 10.0. The molecule has 0 bridgehead atoms. The molecule has 70 valence electrons. The standard InChI is InChI=1S/C8H5BrCl2O2/c9-5-1-4(2-8(12)13)6(10)3-7(5)11/h1,3H,2H2,(H,12,13). The normalized spacial score (nSPS) is 10.1. The van der Waals surface area contributed by atoms with E-state index < -0.39 is 5.97 Å². The highest BCUT2D eigenvalue weighted by Gasteiger charge is 2.08. The van der Waals surface area contributed by atoms with Gasteiger partial charge in [-0.1, -0.05) is 23.2 Å². The van der Waals surface area contributed by atoms with Gasteiger partial charge in [-0.25, -0.2) is 0 Å². The van der Waals surface area contributed by atoms with Gasteiger partial charge in [0.05, 0.1) is 11.4 Å². The van der Waals surface area contributed by atoms with Gasteiger partial charge < -0.3 is 5.11 Å². The van der Waals surface area contributed by atoms with Crippen molar-refractivity contribution in [3.05, 3.63) is 32.2 Å². The Labute approximate surface area is 93.6 Å². The van der Waals surface area contributed by atoms with Crippen molar-refractivity contribution in [2.24, 2.45) is 0 Å². The van der Waals surface area contributed by atoms with Crippen molar-refractivity contribution in [1.29, 1.82) is 0 Å². The zero-order valence-electron chi connectivity index (χ0n) is 6.35. The summed E-state index contributed by atoms with van der Waals surface area (Å²) in [7, 11) is 0. The third kappa shape index (κ3) is 2.86. The molecule has 0 radical (unpaired) electrons. The van der Waals surface area contributed by atoms with Crippen molar-refractivity contribution in [1.82, 2.24) is 0 Å². The molecule has 13 heavy (non-hydrogen) atoms. The van der Waals surface area contributed by atoms with Crippen molar-refractivity contribution in [2.45, 2.75) is 6.42 Å². The molecule has 0 amide bonds. The number of halogens is 3. The lowest BCUT2D eigenvalue weighted by Gasteiger charge is -2.03. The molecule has 2 nitrogen and oxygen atoms in total. The third-order valence-corrected chi connectivity index (χ3v) is 2.98. The van der Waals surface area contributed by atoms with E-state index in [-0.39, 0.29) is 6.42 Å². The number of rotatable bonds is 2. The Balaban J connectivity index is 3.08. The zero-order valence-corrected chi connectivity index (χ0v) is 9.45. The Hall–Kier alpha value is -0.250. The molecule has 0 spiro atoms. The number of carboxylic acids is 1. The molecule has 0 aliphatic carbocycles. The first kappa shape index (κ1) is 10.8. The number of hydrogen-bond acceptors (Lipinski definition) is 1. The van der Waals surface area contributed by atoms with E-state index in [0.717, 1.165) is 0 Å². The van der Waals surface area contributed by atoms with E-state index in [1.54, 1.807) is 6.07 Å². The third-order valence-electron chi connectivity index (χ3n) is 1.43. The van der Waals surface area contributed by atoms with Crippen LogP contribution in [0.3, 0.4) is 0 Å². The second-order valence-corrected chi connectivity index (χ2v) is 4.10. The molecule has 1 rings (SSSR count). The number of hydrogen-bond donors (Lipinski definition) is 1. The van der Waals surface area contributed by atoms with E-state index in [1.165, 1.54) is 6.07 Å². The first-order chi connectivity index (χ1) is 6.00. The molecule has 0 saturated heterocycles. The van der Waals surface area contributed by atoms with Gasteiger partial charge in [-0.3, -0.25) is 4.79 Å². The van der Waals surface area contributed by atoms with Gasteiger partial charge >= 0.3 is 5.97 Å². The average molecular weight is 284 g/mol. The van der Waals surface area contributed by atoms with Crippen LogP contribution in [0.4, 0.5) is 0 Å². The Morgan fingerprint density at radius 2 is 2.00 bits per heavy atom. The van der Waals surface area contributed by atoms with Gasteiger partial charge in [0, 0.05) is 9.50 Å². The molecular formula is C8H5BrCl2O2. The van der Waals surface area contributed by atoms with Gasteiger partial charge in [-0.15, -0.1) is 0 Å². The summed E-state index contributed by atoms with van der Waals surface area (Å²) in [5, 5.41) is 9.39. The molecule has 5 heteroatoms. The second-order valence-electron chi connectivity index (χ2n) is 2.43. The van der Waals surface area contributed by atoms with Crippen molar-refractivity contribution in [3.8, 4) is 0 Å². The fourth-order valence-electron chi connectivity index (χ4n) is 0.862. The maximum atomic E-state index is 10.4. The van der Waals surface area contributed by atoms with Crippen LogP contribution >= 0.6 is 39.1 Å². The predicted octanol–water partition coefficient (Wildman–Crippen LogP) is 3.38. The SMILES string of the molecule is O=C(O)Cc1cc(Br)c(Cl)cc1Cl. The van der Waals surface area contributed by atoms with Crippen LogP contribution in [0.5, 0.6) is 0 Å². The molecule has 0 saturated carbocycles. The largest absolute Gasteiger partial charge is 0.481 e. The Kier molecular flexibility index (Phi) is 3.59. The molecule has 0 aromatic heterocycles. The van der Waals surface area contributed by atoms with Gasteiger partial charge in [0.1, 0.15) is 0 Å². The fraction of sp³-hybridized carbons (Fsp3) is 0.125. The predicted molar refractivity (Wildman–Crippen MR) is 55.5 cm³/mol. The van der Waals surface area contributed by atoms with Crippen LogP contribution in [0.25, 0.3) is 0 Å². The van der Waals surface area contributed by atoms with E-state index in [1.807, 2.05) is 0 Å². The number of benzene rings is 1. The van der Waals surface area contributed by atoms with Gasteiger partial charge in [0.15, 0.2) is 0 Å². The second kappa shape index (κ2) is 4.31. The van der Waals surface area contributed by atoms with E-state index in [9.17, 15) is 4.79 Å². The van der Waals surface area contributed by atoms with E-state index in [0.29, 0.717) is 20.1 Å². The molecular weight excluding hydrogens is 279 g/mol. The first-order valence-electron chi connectivity index (χ1n) is 3.36. The summed E-state index contributed by atoms with van der Waals surface area (Å²) in [5.74, 6) is -0.920. The summed E-state index contributed by atoms with van der Waals surface area (Å²) >= 11 is 14.7. The summed E-state index contributed by atoms with van der Waals surface area (Å²) in [5.41, 5.74) is 0.547. The van der Waals surface area contributed by atoms with Crippen LogP contribution in [0.15, 0.2) is 16.6 Å². The van der Waals surface area contributed by atoms with Crippen LogP contribution in [0, 0.1) is 0 Å². The summed E-state index contributed by atoms with van der Waals surface area (Å²) in [6, 6.07) is 3.13. The summed E-state index contributed by atoms with van der Waals surface area (Å²) in [6.45, 7) is 0. The van der Waals surface area contributed by atoms with Gasteiger partial charge in [-0.05, 0) is 33.6 Å². The highest BCUT2D eigenvalue weighted by molar-refractivity contribution is 9.10. The van der Waals surface area contributed by atoms with Crippen LogP contribution < -0.4 is 0 Å². The minimum atomic E-state index is -0.920. The summed E-state index contributed by atoms with van der Waals surface area (Å²) < 4.78 is 0.648. The monoisotopic (exact) mass is 282 g/mol. The van der Waals surface area contributed by atoms with Gasteiger partial charge in [0.2, 0.25) is 0 Å². The Morgan fingerprint density at radius 3 is 2.54 bits per heavy atom. The van der Waals surface area contributed by atoms with Crippen molar-refractivity contribution in [3.63, 3.8) is 0 Å². The topological polar surface area (TPSA) is 37.3 Å². The maximum Gasteiger partial charge on any atom is 0.307 e. The maximum absolute atomic E-state index is 10.4. The summed E-state index contributed by atoms with van der Waals surface area (Å²) in [4.78, 5) is 10.4. The Bertz CT molecular complexity index is 352. The van der Waals surface area contributed by atoms with Gasteiger partial charge in [0.25, 0.3) is 0 Å². The van der Waals surface area contributed by atoms with Crippen molar-refractivity contribution >= 4 is 45.1 Å². The lowest BCUT2D eigenvalue weighted by Crippen LogP contribution is -2.00. The molecule has 1 N–H and O–H groups in total. The minimum Gasteiger partial charge on any atom is -0.481 e. The lowest BCUT2D eigenvalue weighted by atomic mass is 10.1. The van der Waals surface area contributed by atoms with E-state index >= 15 is 0 Å². The lowest BCUT2D eigenvalue weighted by molar-refractivity contribution is -0.136. The average Bonchev–Trinajstić information content (AvgIpc) is 1.99. The van der Waals surface area contributed by atoms with Crippen LogP contribution in [0.2, 0.25) is 10.0 Å². The van der Waals surface area contributed by atoms with Crippen LogP contribution in [-0.4, -0.2) is 11.1 Å². The van der Waals surface area contributed by atoms with Gasteiger partial charge in [-0.2, -0.15) is 0 Å².